The Morgan fingerprint density at radius 3 is 2.38 bits per heavy atom. The molecule has 0 nitrogen and oxygen atoms in total. The third-order valence-electron chi connectivity index (χ3n) is 4.65. The van der Waals surface area contributed by atoms with Gasteiger partial charge in [-0.1, -0.05) is 37.6 Å². The van der Waals surface area contributed by atoms with Crippen LogP contribution in [0.15, 0.2) is 46.1 Å². The Labute approximate surface area is 99.4 Å². The van der Waals surface area contributed by atoms with Gasteiger partial charge in [0.05, 0.1) is 0 Å². The summed E-state index contributed by atoms with van der Waals surface area (Å²) in [4.78, 5) is 0. The molecule has 2 aliphatic rings. The van der Waals surface area contributed by atoms with Crippen molar-refractivity contribution in [2.24, 2.45) is 5.41 Å². The van der Waals surface area contributed by atoms with E-state index in [-0.39, 0.29) is 5.41 Å². The van der Waals surface area contributed by atoms with Gasteiger partial charge in [-0.3, -0.25) is 0 Å². The van der Waals surface area contributed by atoms with E-state index in [1.165, 1.54) is 23.1 Å². The minimum Gasteiger partial charge on any atom is -0.0801 e. The van der Waals surface area contributed by atoms with E-state index in [2.05, 4.69) is 52.8 Å². The number of allylic oxidation sites excluding steroid dienone is 8. The molecule has 86 valence electrons. The summed E-state index contributed by atoms with van der Waals surface area (Å²) in [6.07, 6.45) is 9.20. The van der Waals surface area contributed by atoms with Crippen molar-refractivity contribution in [2.75, 3.05) is 0 Å². The van der Waals surface area contributed by atoms with Gasteiger partial charge in [-0.05, 0) is 55.9 Å². The first-order valence-electron chi connectivity index (χ1n) is 6.29. The Kier molecular flexibility index (Phi) is 2.69. The maximum absolute atomic E-state index is 2.39. The molecule has 0 amide bonds. The van der Waals surface area contributed by atoms with E-state index in [9.17, 15) is 0 Å². The summed E-state index contributed by atoms with van der Waals surface area (Å²) in [6, 6.07) is 0. The van der Waals surface area contributed by atoms with E-state index in [0.29, 0.717) is 0 Å². The average Bonchev–Trinajstić information content (AvgIpc) is 2.84. The molecule has 0 aromatic rings. The molecule has 2 rings (SSSR count). The first-order valence-corrected chi connectivity index (χ1v) is 6.29. The largest absolute Gasteiger partial charge is 0.0801 e. The molecule has 0 fully saturated rings. The highest BCUT2D eigenvalue weighted by molar-refractivity contribution is 5.61. The van der Waals surface area contributed by atoms with Crippen molar-refractivity contribution in [1.29, 1.82) is 0 Å². The summed E-state index contributed by atoms with van der Waals surface area (Å²) in [5.41, 5.74) is 7.84. The predicted molar refractivity (Wildman–Crippen MR) is 71.3 cm³/mol. The fourth-order valence-corrected chi connectivity index (χ4v) is 3.10. The molecule has 1 unspecified atom stereocenters. The van der Waals surface area contributed by atoms with Crippen molar-refractivity contribution in [1.82, 2.24) is 0 Å². The monoisotopic (exact) mass is 214 g/mol. The van der Waals surface area contributed by atoms with Crippen molar-refractivity contribution in [3.05, 3.63) is 46.1 Å². The molecule has 2 aliphatic carbocycles. The van der Waals surface area contributed by atoms with Crippen LogP contribution in [0.5, 0.6) is 0 Å². The standard InChI is InChI=1S/C16H22/c1-6-16(5)13(4)11(2)12(3)15(16)14-9-7-8-10-14/h7,9-10H,6,8H2,1-5H3. The maximum atomic E-state index is 2.39. The van der Waals surface area contributed by atoms with Gasteiger partial charge in [0.25, 0.3) is 0 Å². The summed E-state index contributed by atoms with van der Waals surface area (Å²) in [5, 5.41) is 0. The Hall–Kier alpha value is -1.04. The molecule has 0 spiro atoms. The summed E-state index contributed by atoms with van der Waals surface area (Å²) in [6.45, 7) is 11.5. The summed E-state index contributed by atoms with van der Waals surface area (Å²) < 4.78 is 0. The van der Waals surface area contributed by atoms with E-state index in [1.807, 2.05) is 0 Å². The molecule has 0 aliphatic heterocycles. The van der Waals surface area contributed by atoms with Crippen molar-refractivity contribution < 1.29 is 0 Å². The first kappa shape index (κ1) is 11.4. The lowest BCUT2D eigenvalue weighted by Gasteiger charge is -2.30. The second-order valence-electron chi connectivity index (χ2n) is 5.23. The van der Waals surface area contributed by atoms with Crippen LogP contribution in [0.4, 0.5) is 0 Å². The molecule has 0 aromatic heterocycles. The highest BCUT2D eigenvalue weighted by Gasteiger charge is 2.38. The topological polar surface area (TPSA) is 0 Å². The zero-order chi connectivity index (χ0) is 11.9. The lowest BCUT2D eigenvalue weighted by molar-refractivity contribution is 0.475. The van der Waals surface area contributed by atoms with Crippen LogP contribution in [-0.4, -0.2) is 0 Å². The van der Waals surface area contributed by atoms with Crippen LogP contribution in [0, 0.1) is 5.41 Å². The molecule has 0 saturated heterocycles. The van der Waals surface area contributed by atoms with Crippen LogP contribution in [0.3, 0.4) is 0 Å². The minimum atomic E-state index is 0.259. The molecule has 0 bridgehead atoms. The van der Waals surface area contributed by atoms with Gasteiger partial charge in [-0.15, -0.1) is 0 Å². The first-order chi connectivity index (χ1) is 7.52. The molecule has 16 heavy (non-hydrogen) atoms. The second-order valence-corrected chi connectivity index (χ2v) is 5.23. The molecule has 0 heterocycles. The van der Waals surface area contributed by atoms with Gasteiger partial charge >= 0.3 is 0 Å². The van der Waals surface area contributed by atoms with Gasteiger partial charge in [0, 0.05) is 5.41 Å². The predicted octanol–water partition coefficient (Wildman–Crippen LogP) is 4.96. The molecular weight excluding hydrogens is 192 g/mol. The van der Waals surface area contributed by atoms with E-state index >= 15 is 0 Å². The van der Waals surface area contributed by atoms with Gasteiger partial charge in [0.2, 0.25) is 0 Å². The minimum absolute atomic E-state index is 0.259. The normalized spacial score (nSPS) is 29.4. The van der Waals surface area contributed by atoms with Crippen LogP contribution in [-0.2, 0) is 0 Å². The van der Waals surface area contributed by atoms with Crippen molar-refractivity contribution in [3.8, 4) is 0 Å². The van der Waals surface area contributed by atoms with Crippen molar-refractivity contribution in [3.63, 3.8) is 0 Å². The smallest absolute Gasteiger partial charge is 0.0142 e. The Bertz CT molecular complexity index is 441. The zero-order valence-electron chi connectivity index (χ0n) is 11.1. The Morgan fingerprint density at radius 1 is 1.19 bits per heavy atom. The molecule has 0 N–H and O–H groups in total. The summed E-state index contributed by atoms with van der Waals surface area (Å²) >= 11 is 0. The van der Waals surface area contributed by atoms with Gasteiger partial charge in [-0.2, -0.15) is 0 Å². The van der Waals surface area contributed by atoms with E-state index in [4.69, 9.17) is 0 Å². The summed E-state index contributed by atoms with van der Waals surface area (Å²) in [7, 11) is 0. The molecule has 0 radical (unpaired) electrons. The average molecular weight is 214 g/mol. The van der Waals surface area contributed by atoms with E-state index in [1.54, 1.807) is 11.1 Å². The zero-order valence-corrected chi connectivity index (χ0v) is 11.1. The van der Waals surface area contributed by atoms with Gasteiger partial charge in [0.1, 0.15) is 0 Å². The van der Waals surface area contributed by atoms with Crippen LogP contribution < -0.4 is 0 Å². The van der Waals surface area contributed by atoms with Crippen molar-refractivity contribution >= 4 is 0 Å². The molecule has 0 aromatic carbocycles. The number of hydrogen-bond acceptors (Lipinski definition) is 0. The third kappa shape index (κ3) is 1.36. The van der Waals surface area contributed by atoms with E-state index in [0.717, 1.165) is 6.42 Å². The molecule has 0 saturated carbocycles. The molecular formula is C16H22. The number of hydrogen-bond donors (Lipinski definition) is 0. The molecule has 1 atom stereocenters. The van der Waals surface area contributed by atoms with Gasteiger partial charge in [-0.25, -0.2) is 0 Å². The van der Waals surface area contributed by atoms with Gasteiger partial charge < -0.3 is 0 Å². The lowest BCUT2D eigenvalue weighted by atomic mass is 9.74. The lowest BCUT2D eigenvalue weighted by Crippen LogP contribution is -2.18. The Morgan fingerprint density at radius 2 is 1.88 bits per heavy atom. The van der Waals surface area contributed by atoms with Crippen LogP contribution in [0.2, 0.25) is 0 Å². The maximum Gasteiger partial charge on any atom is 0.0142 e. The highest BCUT2D eigenvalue weighted by atomic mass is 14.4. The summed E-state index contributed by atoms with van der Waals surface area (Å²) in [5.74, 6) is 0. The second kappa shape index (κ2) is 3.76. The van der Waals surface area contributed by atoms with Crippen LogP contribution in [0.25, 0.3) is 0 Å². The highest BCUT2D eigenvalue weighted by Crippen LogP contribution is 2.52. The number of rotatable bonds is 2. The fraction of sp³-hybridized carbons (Fsp3) is 0.500. The Balaban J connectivity index is 2.57. The third-order valence-corrected chi connectivity index (χ3v) is 4.65. The quantitative estimate of drug-likeness (QED) is 0.609. The van der Waals surface area contributed by atoms with E-state index < -0.39 is 0 Å². The van der Waals surface area contributed by atoms with Crippen LogP contribution in [0.1, 0.15) is 47.5 Å². The molecule has 0 heteroatoms. The SMILES string of the molecule is CCC1(C)C(C)=C(C)C(C)=C1C1=CCC=C1. The van der Waals surface area contributed by atoms with Gasteiger partial charge in [0.15, 0.2) is 0 Å². The van der Waals surface area contributed by atoms with Crippen LogP contribution >= 0.6 is 0 Å². The van der Waals surface area contributed by atoms with Crippen molar-refractivity contribution in [2.45, 2.75) is 47.5 Å². The fourth-order valence-electron chi connectivity index (χ4n) is 3.10.